The van der Waals surface area contributed by atoms with Gasteiger partial charge in [0.25, 0.3) is 5.91 Å². The SMILES string of the molecule is CCNC(=NCCNC(=O)c1cccc(Br)c1)N(C)CCOCC1CC1.I. The van der Waals surface area contributed by atoms with Crippen molar-refractivity contribution in [2.45, 2.75) is 19.8 Å². The summed E-state index contributed by atoms with van der Waals surface area (Å²) in [5.74, 6) is 1.53. The van der Waals surface area contributed by atoms with Crippen LogP contribution in [-0.2, 0) is 4.74 Å². The lowest BCUT2D eigenvalue weighted by atomic mass is 10.2. The van der Waals surface area contributed by atoms with E-state index in [4.69, 9.17) is 4.74 Å². The fourth-order valence-electron chi connectivity index (χ4n) is 2.37. The Balaban J connectivity index is 0.00000364. The molecule has 2 N–H and O–H groups in total. The maximum atomic E-state index is 12.1. The minimum atomic E-state index is -0.0895. The van der Waals surface area contributed by atoms with Gasteiger partial charge in [0.15, 0.2) is 5.96 Å². The van der Waals surface area contributed by atoms with Gasteiger partial charge in [-0.15, -0.1) is 24.0 Å². The van der Waals surface area contributed by atoms with Crippen LogP contribution in [0.5, 0.6) is 0 Å². The smallest absolute Gasteiger partial charge is 0.251 e. The molecular weight excluding hydrogens is 523 g/mol. The van der Waals surface area contributed by atoms with Crippen LogP contribution in [-0.4, -0.2) is 63.2 Å². The molecule has 27 heavy (non-hydrogen) atoms. The second kappa shape index (κ2) is 13.3. The number of carbonyl (C=O) groups excluding carboxylic acids is 1. The first-order chi connectivity index (χ1) is 12.6. The molecule has 1 aromatic carbocycles. The predicted molar refractivity (Wildman–Crippen MR) is 124 cm³/mol. The van der Waals surface area contributed by atoms with Gasteiger partial charge in [0.05, 0.1) is 13.2 Å². The number of halogens is 2. The van der Waals surface area contributed by atoms with Crippen LogP contribution < -0.4 is 10.6 Å². The number of benzene rings is 1. The van der Waals surface area contributed by atoms with Crippen LogP contribution in [0.1, 0.15) is 30.1 Å². The molecule has 1 aliphatic carbocycles. The number of nitrogens with one attached hydrogen (secondary N) is 2. The number of aliphatic imine (C=N–C) groups is 1. The van der Waals surface area contributed by atoms with E-state index < -0.39 is 0 Å². The van der Waals surface area contributed by atoms with Crippen LogP contribution >= 0.6 is 39.9 Å². The molecule has 0 unspecified atom stereocenters. The Hall–Kier alpha value is -0.870. The van der Waals surface area contributed by atoms with Crippen molar-refractivity contribution in [2.24, 2.45) is 10.9 Å². The maximum Gasteiger partial charge on any atom is 0.251 e. The lowest BCUT2D eigenvalue weighted by Crippen LogP contribution is -2.41. The molecule has 1 saturated carbocycles. The molecular formula is C19H30BrIN4O2. The molecule has 1 fully saturated rings. The van der Waals surface area contributed by atoms with Crippen LogP contribution in [0.15, 0.2) is 33.7 Å². The molecule has 6 nitrogen and oxygen atoms in total. The minimum Gasteiger partial charge on any atom is -0.379 e. The summed E-state index contributed by atoms with van der Waals surface area (Å²) < 4.78 is 6.58. The van der Waals surface area contributed by atoms with E-state index in [1.165, 1.54) is 12.8 Å². The topological polar surface area (TPSA) is 66.0 Å². The maximum absolute atomic E-state index is 12.1. The zero-order valence-electron chi connectivity index (χ0n) is 16.0. The van der Waals surface area contributed by atoms with Gasteiger partial charge in [0.1, 0.15) is 0 Å². The predicted octanol–water partition coefficient (Wildman–Crippen LogP) is 3.12. The Bertz CT molecular complexity index is 611. The van der Waals surface area contributed by atoms with Crippen LogP contribution in [0.3, 0.4) is 0 Å². The zero-order valence-corrected chi connectivity index (χ0v) is 20.0. The van der Waals surface area contributed by atoms with E-state index in [9.17, 15) is 4.79 Å². The molecule has 0 aromatic heterocycles. The summed E-state index contributed by atoms with van der Waals surface area (Å²) >= 11 is 3.38. The molecule has 0 atom stereocenters. The largest absolute Gasteiger partial charge is 0.379 e. The van der Waals surface area contributed by atoms with Crippen molar-refractivity contribution >= 4 is 51.8 Å². The van der Waals surface area contributed by atoms with E-state index in [1.807, 2.05) is 26.1 Å². The first-order valence-corrected chi connectivity index (χ1v) is 10.0. The number of amides is 1. The molecule has 1 aliphatic rings. The van der Waals surface area contributed by atoms with Crippen LogP contribution in [0.25, 0.3) is 0 Å². The van der Waals surface area contributed by atoms with Crippen molar-refractivity contribution in [1.82, 2.24) is 15.5 Å². The number of carbonyl (C=O) groups is 1. The Morgan fingerprint density at radius 2 is 2.15 bits per heavy atom. The third-order valence-corrected chi connectivity index (χ3v) is 4.56. The van der Waals surface area contributed by atoms with Crippen LogP contribution in [0.2, 0.25) is 0 Å². The van der Waals surface area contributed by atoms with Gasteiger partial charge in [0.2, 0.25) is 0 Å². The van der Waals surface area contributed by atoms with Gasteiger partial charge in [0, 0.05) is 43.3 Å². The van der Waals surface area contributed by atoms with Gasteiger partial charge in [-0.05, 0) is 43.9 Å². The van der Waals surface area contributed by atoms with Gasteiger partial charge >= 0.3 is 0 Å². The lowest BCUT2D eigenvalue weighted by molar-refractivity contribution is 0.0954. The van der Waals surface area contributed by atoms with E-state index in [0.717, 1.165) is 36.0 Å². The molecule has 8 heteroatoms. The van der Waals surface area contributed by atoms with Crippen LogP contribution in [0.4, 0.5) is 0 Å². The number of hydrogen-bond donors (Lipinski definition) is 2. The zero-order chi connectivity index (χ0) is 18.8. The first kappa shape index (κ1) is 24.2. The molecule has 1 aromatic rings. The average Bonchev–Trinajstić information content (AvgIpc) is 3.45. The summed E-state index contributed by atoms with van der Waals surface area (Å²) in [6, 6.07) is 7.34. The minimum absolute atomic E-state index is 0. The highest BCUT2D eigenvalue weighted by Gasteiger charge is 2.21. The summed E-state index contributed by atoms with van der Waals surface area (Å²) in [6.45, 7) is 6.24. The van der Waals surface area contributed by atoms with Crippen molar-refractivity contribution in [3.05, 3.63) is 34.3 Å². The molecule has 0 heterocycles. The van der Waals surface area contributed by atoms with Crippen molar-refractivity contribution in [3.63, 3.8) is 0 Å². The molecule has 0 spiro atoms. The van der Waals surface area contributed by atoms with Crippen molar-refractivity contribution in [1.29, 1.82) is 0 Å². The fraction of sp³-hybridized carbons (Fsp3) is 0.579. The Morgan fingerprint density at radius 1 is 1.37 bits per heavy atom. The van der Waals surface area contributed by atoms with Gasteiger partial charge in [-0.1, -0.05) is 22.0 Å². The van der Waals surface area contributed by atoms with Gasteiger partial charge in [-0.3, -0.25) is 9.79 Å². The van der Waals surface area contributed by atoms with Crippen molar-refractivity contribution < 1.29 is 9.53 Å². The second-order valence-electron chi connectivity index (χ2n) is 6.44. The van der Waals surface area contributed by atoms with Gasteiger partial charge in [-0.2, -0.15) is 0 Å². The van der Waals surface area contributed by atoms with Gasteiger partial charge < -0.3 is 20.3 Å². The van der Waals surface area contributed by atoms with E-state index in [2.05, 4.69) is 36.5 Å². The fourth-order valence-corrected chi connectivity index (χ4v) is 2.77. The third-order valence-electron chi connectivity index (χ3n) is 4.06. The Kier molecular flexibility index (Phi) is 11.9. The number of nitrogens with zero attached hydrogens (tertiary/aromatic N) is 2. The summed E-state index contributed by atoms with van der Waals surface area (Å²) in [5.41, 5.74) is 0.639. The highest BCUT2D eigenvalue weighted by molar-refractivity contribution is 14.0. The Labute approximate surface area is 187 Å². The second-order valence-corrected chi connectivity index (χ2v) is 7.36. The molecule has 1 amide bonds. The molecule has 0 aliphatic heterocycles. The number of hydrogen-bond acceptors (Lipinski definition) is 3. The monoisotopic (exact) mass is 552 g/mol. The lowest BCUT2D eigenvalue weighted by Gasteiger charge is -2.22. The number of ether oxygens (including phenoxy) is 1. The Morgan fingerprint density at radius 3 is 2.81 bits per heavy atom. The van der Waals surface area contributed by atoms with E-state index in [1.54, 1.807) is 12.1 Å². The molecule has 0 saturated heterocycles. The van der Waals surface area contributed by atoms with Gasteiger partial charge in [-0.25, -0.2) is 0 Å². The molecule has 0 radical (unpaired) electrons. The van der Waals surface area contributed by atoms with E-state index in [-0.39, 0.29) is 29.9 Å². The first-order valence-electron chi connectivity index (χ1n) is 9.21. The van der Waals surface area contributed by atoms with Crippen molar-refractivity contribution in [3.8, 4) is 0 Å². The summed E-state index contributed by atoms with van der Waals surface area (Å²) in [5, 5.41) is 6.17. The normalized spacial score (nSPS) is 13.7. The summed E-state index contributed by atoms with van der Waals surface area (Å²) in [7, 11) is 2.00. The third kappa shape index (κ3) is 9.75. The quantitative estimate of drug-likeness (QED) is 0.203. The molecule has 152 valence electrons. The number of rotatable bonds is 10. The molecule has 0 bridgehead atoms. The highest BCUT2D eigenvalue weighted by atomic mass is 127. The molecule has 2 rings (SSSR count). The standard InChI is InChI=1S/C19H29BrN4O2.HI/c1-3-21-19(24(2)11-12-26-14-15-7-8-15)23-10-9-22-18(25)16-5-4-6-17(20)13-16;/h4-6,13,15H,3,7-12,14H2,1-2H3,(H,21,23)(H,22,25);1H. The number of likely N-dealkylation sites (N-methyl/N-ethyl adjacent to an activating group) is 1. The van der Waals surface area contributed by atoms with Crippen LogP contribution in [0, 0.1) is 5.92 Å². The highest BCUT2D eigenvalue weighted by Crippen LogP contribution is 2.28. The average molecular weight is 553 g/mol. The van der Waals surface area contributed by atoms with E-state index >= 15 is 0 Å². The summed E-state index contributed by atoms with van der Waals surface area (Å²) in [6.07, 6.45) is 2.62. The number of guanidine groups is 1. The van der Waals surface area contributed by atoms with E-state index in [0.29, 0.717) is 25.3 Å². The van der Waals surface area contributed by atoms with Crippen molar-refractivity contribution in [2.75, 3.05) is 46.4 Å². The summed E-state index contributed by atoms with van der Waals surface area (Å²) in [4.78, 5) is 18.7.